The summed E-state index contributed by atoms with van der Waals surface area (Å²) in [6.07, 6.45) is 10.2. The lowest BCUT2D eigenvalue weighted by Gasteiger charge is -2.16. The molecular formula is C42H34N4. The number of fused-ring (bicyclic) bond motifs is 4. The van der Waals surface area contributed by atoms with Crippen LogP contribution in [0.1, 0.15) is 29.2 Å². The van der Waals surface area contributed by atoms with Crippen LogP contribution in [0.4, 0.5) is 0 Å². The summed E-state index contributed by atoms with van der Waals surface area (Å²) in [7, 11) is 0. The number of nitrogens with zero attached hydrogens (tertiary/aromatic N) is 4. The largest absolute Gasteiger partial charge is 0.300 e. The summed E-state index contributed by atoms with van der Waals surface area (Å²) in [5, 5.41) is 1.08. The molecule has 46 heavy (non-hydrogen) atoms. The molecule has 0 aliphatic carbocycles. The predicted molar refractivity (Wildman–Crippen MR) is 195 cm³/mol. The minimum absolute atomic E-state index is 0.610. The molecule has 0 saturated carbocycles. The molecule has 4 aromatic carbocycles. The zero-order valence-corrected chi connectivity index (χ0v) is 26.1. The Kier molecular flexibility index (Phi) is 7.61. The number of hydrogen-bond acceptors (Lipinski definition) is 2. The summed E-state index contributed by atoms with van der Waals surface area (Å²) < 4.78 is 4.34. The Bertz CT molecular complexity index is 2350. The van der Waals surface area contributed by atoms with Gasteiger partial charge in [-0.2, -0.15) is 0 Å². The topological polar surface area (TPSA) is 34.6 Å². The van der Waals surface area contributed by atoms with Crippen LogP contribution < -0.4 is 0 Å². The van der Waals surface area contributed by atoms with E-state index in [1.54, 1.807) is 0 Å². The van der Waals surface area contributed by atoms with Gasteiger partial charge in [0.2, 0.25) is 0 Å². The molecule has 0 bridgehead atoms. The van der Waals surface area contributed by atoms with Gasteiger partial charge >= 0.3 is 0 Å². The zero-order valence-electron chi connectivity index (χ0n) is 26.1. The van der Waals surface area contributed by atoms with Crippen LogP contribution in [0, 0.1) is 6.92 Å². The molecule has 0 unspecified atom stereocenters. The summed E-state index contributed by atoms with van der Waals surface area (Å²) in [6, 6.07) is 39.7. The van der Waals surface area contributed by atoms with E-state index in [4.69, 9.17) is 9.98 Å². The molecule has 0 aliphatic heterocycles. The van der Waals surface area contributed by atoms with Gasteiger partial charge in [-0.1, -0.05) is 128 Å². The smallest absolute Gasteiger partial charge is 0.137 e. The fourth-order valence-corrected chi connectivity index (χ4v) is 6.30. The van der Waals surface area contributed by atoms with E-state index in [9.17, 15) is 0 Å². The van der Waals surface area contributed by atoms with E-state index in [2.05, 4.69) is 126 Å². The summed E-state index contributed by atoms with van der Waals surface area (Å²) in [6.45, 7) is 12.9. The molecule has 3 aromatic heterocycles. The van der Waals surface area contributed by atoms with Gasteiger partial charge < -0.3 is 0 Å². The Morgan fingerprint density at radius 3 is 2.28 bits per heavy atom. The number of aliphatic imine (C=N–C) groups is 1. The highest BCUT2D eigenvalue weighted by Gasteiger charge is 2.24. The molecule has 0 radical (unpaired) electrons. The molecule has 0 amide bonds. The van der Waals surface area contributed by atoms with Crippen molar-refractivity contribution in [1.29, 1.82) is 0 Å². The maximum atomic E-state index is 5.37. The number of pyridine rings is 1. The van der Waals surface area contributed by atoms with Gasteiger partial charge in [0.1, 0.15) is 11.5 Å². The van der Waals surface area contributed by atoms with Crippen LogP contribution in [0.25, 0.3) is 50.2 Å². The van der Waals surface area contributed by atoms with Crippen molar-refractivity contribution >= 4 is 44.7 Å². The van der Waals surface area contributed by atoms with Crippen LogP contribution in [0.2, 0.25) is 0 Å². The van der Waals surface area contributed by atoms with Crippen LogP contribution in [0.3, 0.4) is 0 Å². The van der Waals surface area contributed by atoms with Crippen molar-refractivity contribution in [2.24, 2.45) is 4.99 Å². The van der Waals surface area contributed by atoms with Gasteiger partial charge in [-0.3, -0.25) is 8.97 Å². The third-order valence-electron chi connectivity index (χ3n) is 8.32. The van der Waals surface area contributed by atoms with Crippen molar-refractivity contribution < 1.29 is 0 Å². The highest BCUT2D eigenvalue weighted by atomic mass is 15.1. The second-order valence-corrected chi connectivity index (χ2v) is 11.2. The summed E-state index contributed by atoms with van der Waals surface area (Å²) >= 11 is 0. The molecule has 3 heterocycles. The molecule has 0 spiro atoms. The van der Waals surface area contributed by atoms with Gasteiger partial charge in [0.15, 0.2) is 0 Å². The Labute approximate surface area is 269 Å². The van der Waals surface area contributed by atoms with Crippen molar-refractivity contribution in [2.45, 2.75) is 13.8 Å². The predicted octanol–water partition coefficient (Wildman–Crippen LogP) is 10.5. The Balaban J connectivity index is 1.62. The van der Waals surface area contributed by atoms with Crippen molar-refractivity contribution in [2.75, 3.05) is 0 Å². The van der Waals surface area contributed by atoms with Gasteiger partial charge in [0.25, 0.3) is 0 Å². The first-order valence-electron chi connectivity index (χ1n) is 15.4. The lowest BCUT2D eigenvalue weighted by molar-refractivity contribution is 1.14. The van der Waals surface area contributed by atoms with E-state index in [0.29, 0.717) is 5.82 Å². The summed E-state index contributed by atoms with van der Waals surface area (Å²) in [4.78, 5) is 10.4. The highest BCUT2D eigenvalue weighted by Crippen LogP contribution is 2.42. The second-order valence-electron chi connectivity index (χ2n) is 11.2. The Morgan fingerprint density at radius 2 is 1.54 bits per heavy atom. The minimum Gasteiger partial charge on any atom is -0.300 e. The number of benzene rings is 4. The maximum absolute atomic E-state index is 5.37. The average molecular weight is 595 g/mol. The number of hydrogen-bond donors (Lipinski definition) is 0. The molecule has 0 saturated heterocycles. The third-order valence-corrected chi connectivity index (χ3v) is 8.32. The molecule has 0 fully saturated rings. The minimum atomic E-state index is 0.610. The standard InChI is InChI=1S/C42H34N4/c1-5-17-31(18-6-2)40-35-27-38-36(44-39-25-15-16-26-45(38)39)28-37(35)46(42(40)33-22-11-8-12-23-33)30(4)43-41(32-20-9-7-10-21-32)34-24-14-13-19-29(34)3/h5-28H,1,4H2,2-3H3/b18-6-,31-17+,43-41-. The Hall–Kier alpha value is -6.00. The molecule has 7 aromatic rings. The lowest BCUT2D eigenvalue weighted by atomic mass is 9.97. The van der Waals surface area contributed by atoms with E-state index in [0.717, 1.165) is 72.4 Å². The van der Waals surface area contributed by atoms with Gasteiger partial charge in [-0.15, -0.1) is 0 Å². The molecule has 7 rings (SSSR count). The quantitative estimate of drug-likeness (QED) is 0.127. The monoisotopic (exact) mass is 594 g/mol. The Morgan fingerprint density at radius 1 is 0.826 bits per heavy atom. The van der Waals surface area contributed by atoms with Crippen LogP contribution in [0.5, 0.6) is 0 Å². The van der Waals surface area contributed by atoms with Crippen molar-refractivity contribution in [3.63, 3.8) is 0 Å². The van der Waals surface area contributed by atoms with Crippen molar-refractivity contribution in [1.82, 2.24) is 14.0 Å². The molecular weight excluding hydrogens is 560 g/mol. The van der Waals surface area contributed by atoms with E-state index in [-0.39, 0.29) is 0 Å². The van der Waals surface area contributed by atoms with Crippen LogP contribution in [0.15, 0.2) is 164 Å². The van der Waals surface area contributed by atoms with Crippen LogP contribution in [-0.4, -0.2) is 19.7 Å². The first-order valence-corrected chi connectivity index (χ1v) is 15.4. The van der Waals surface area contributed by atoms with Gasteiger partial charge in [0, 0.05) is 28.3 Å². The molecule has 222 valence electrons. The number of allylic oxidation sites excluding steroid dienone is 5. The number of rotatable bonds is 8. The fraction of sp³-hybridized carbons (Fsp3) is 0.0476. The van der Waals surface area contributed by atoms with E-state index in [1.165, 1.54) is 0 Å². The normalized spacial score (nSPS) is 12.5. The van der Waals surface area contributed by atoms with E-state index >= 15 is 0 Å². The van der Waals surface area contributed by atoms with E-state index < -0.39 is 0 Å². The molecule has 0 N–H and O–H groups in total. The molecule has 4 heteroatoms. The summed E-state index contributed by atoms with van der Waals surface area (Å²) in [5.74, 6) is 0.610. The van der Waals surface area contributed by atoms with Crippen LogP contribution >= 0.6 is 0 Å². The second kappa shape index (κ2) is 12.2. The zero-order chi connectivity index (χ0) is 31.6. The van der Waals surface area contributed by atoms with Crippen molar-refractivity contribution in [3.05, 3.63) is 181 Å². The first kappa shape index (κ1) is 28.8. The number of imidazole rings is 1. The number of aromatic nitrogens is 3. The van der Waals surface area contributed by atoms with Gasteiger partial charge in [0.05, 0.1) is 28.0 Å². The highest BCUT2D eigenvalue weighted by molar-refractivity contribution is 6.16. The average Bonchev–Trinajstić information content (AvgIpc) is 3.62. The fourth-order valence-electron chi connectivity index (χ4n) is 6.30. The lowest BCUT2D eigenvalue weighted by Crippen LogP contribution is -2.08. The number of aryl methyl sites for hydroxylation is 1. The SMILES string of the molecule is C=C/C=C(\C=C/C)c1c(-c2ccccc2)n(C(=C)/N=C(/c2ccccc2)c2ccccc2C)c2cc3nc4ccccn4c3cc12. The van der Waals surface area contributed by atoms with Gasteiger partial charge in [-0.25, -0.2) is 9.98 Å². The third kappa shape index (κ3) is 5.00. The summed E-state index contributed by atoms with van der Waals surface area (Å²) in [5.41, 5.74) is 12.1. The van der Waals surface area contributed by atoms with Gasteiger partial charge in [-0.05, 0) is 54.8 Å². The molecule has 0 atom stereocenters. The van der Waals surface area contributed by atoms with Crippen molar-refractivity contribution in [3.8, 4) is 11.3 Å². The van der Waals surface area contributed by atoms with Crippen LogP contribution in [-0.2, 0) is 0 Å². The van der Waals surface area contributed by atoms with E-state index in [1.807, 2.05) is 55.5 Å². The molecule has 4 nitrogen and oxygen atoms in total. The first-order chi connectivity index (χ1) is 22.6. The maximum Gasteiger partial charge on any atom is 0.137 e. The molecule has 0 aliphatic rings.